The van der Waals surface area contributed by atoms with Crippen LogP contribution in [-0.4, -0.2) is 41.7 Å². The minimum Gasteiger partial charge on any atom is -0.490 e. The molecule has 0 radical (unpaired) electrons. The minimum absolute atomic E-state index is 0.0948. The number of carbonyl (C=O) groups is 1. The van der Waals surface area contributed by atoms with Gasteiger partial charge in [0, 0.05) is 24.4 Å². The highest BCUT2D eigenvalue weighted by molar-refractivity contribution is 7.09. The second-order valence-corrected chi connectivity index (χ2v) is 8.78. The van der Waals surface area contributed by atoms with Crippen molar-refractivity contribution in [1.82, 2.24) is 9.88 Å². The molecule has 4 rings (SSSR count). The van der Waals surface area contributed by atoms with Gasteiger partial charge in [-0.05, 0) is 50.9 Å². The molecule has 1 atom stereocenters. The molecule has 0 bridgehead atoms. The minimum atomic E-state index is -0.216. The van der Waals surface area contributed by atoms with Crippen LogP contribution >= 0.6 is 11.3 Å². The highest BCUT2D eigenvalue weighted by atomic mass is 32.1. The number of carbonyl (C=O) groups excluding carboxylic acids is 1. The fourth-order valence-electron chi connectivity index (χ4n) is 3.92. The van der Waals surface area contributed by atoms with E-state index in [4.69, 9.17) is 14.2 Å². The van der Waals surface area contributed by atoms with Crippen LogP contribution in [0.25, 0.3) is 0 Å². The fraction of sp³-hybridized carbons (Fsp3) is 0.545. The van der Waals surface area contributed by atoms with E-state index in [9.17, 15) is 4.79 Å². The molecule has 6 nitrogen and oxygen atoms in total. The summed E-state index contributed by atoms with van der Waals surface area (Å²) in [6.07, 6.45) is 3.35. The van der Waals surface area contributed by atoms with Crippen LogP contribution in [0, 0.1) is 0 Å². The monoisotopic (exact) mass is 416 g/mol. The standard InChI is InChI=1S/C22H28N2O4S/c1-15(2)28-22(25)12-21-23-17(14-29-21)13-24-8-3-5-18(24)16-6-7-19-20(11-16)27-10-4-9-26-19/h6-7,11,14-15,18H,3-5,8-10,12-13H2,1-2H3/t18-/m1/s1. The number of hydrogen-bond donors (Lipinski definition) is 0. The molecule has 7 heteroatoms. The van der Waals surface area contributed by atoms with Crippen LogP contribution in [0.15, 0.2) is 23.6 Å². The van der Waals surface area contributed by atoms with Gasteiger partial charge in [-0.1, -0.05) is 6.07 Å². The van der Waals surface area contributed by atoms with Crippen LogP contribution in [0.5, 0.6) is 11.5 Å². The lowest BCUT2D eigenvalue weighted by atomic mass is 10.0. The number of aromatic nitrogens is 1. The Hall–Kier alpha value is -2.12. The first kappa shape index (κ1) is 20.2. The SMILES string of the molecule is CC(C)OC(=O)Cc1nc(CN2CCC[C@@H]2c2ccc3c(c2)OCCCO3)cs1. The largest absolute Gasteiger partial charge is 0.490 e. The van der Waals surface area contributed by atoms with E-state index in [1.807, 2.05) is 19.9 Å². The van der Waals surface area contributed by atoms with Crippen LogP contribution in [0.4, 0.5) is 0 Å². The van der Waals surface area contributed by atoms with Crippen molar-refractivity contribution in [2.45, 2.75) is 58.2 Å². The zero-order valence-corrected chi connectivity index (χ0v) is 17.9. The van der Waals surface area contributed by atoms with Gasteiger partial charge in [0.15, 0.2) is 11.5 Å². The lowest BCUT2D eigenvalue weighted by Gasteiger charge is -2.24. The summed E-state index contributed by atoms with van der Waals surface area (Å²) < 4.78 is 16.9. The third-order valence-corrected chi connectivity index (χ3v) is 6.04. The van der Waals surface area contributed by atoms with Crippen molar-refractivity contribution in [3.8, 4) is 11.5 Å². The maximum atomic E-state index is 11.9. The van der Waals surface area contributed by atoms with E-state index >= 15 is 0 Å². The summed E-state index contributed by atoms with van der Waals surface area (Å²) in [6.45, 7) is 6.96. The molecule has 2 aromatic rings. The molecule has 2 aliphatic heterocycles. The Labute approximate surface area is 175 Å². The maximum absolute atomic E-state index is 11.9. The predicted molar refractivity (Wildman–Crippen MR) is 111 cm³/mol. The van der Waals surface area contributed by atoms with Crippen LogP contribution in [-0.2, 0) is 22.5 Å². The first-order chi connectivity index (χ1) is 14.1. The number of rotatable bonds is 6. The van der Waals surface area contributed by atoms with Crippen LogP contribution in [0.1, 0.15) is 55.4 Å². The second-order valence-electron chi connectivity index (χ2n) is 7.83. The molecule has 1 aromatic heterocycles. The van der Waals surface area contributed by atoms with Gasteiger partial charge in [-0.25, -0.2) is 4.98 Å². The lowest BCUT2D eigenvalue weighted by Crippen LogP contribution is -2.23. The average molecular weight is 417 g/mol. The highest BCUT2D eigenvalue weighted by Crippen LogP contribution is 2.38. The summed E-state index contributed by atoms with van der Waals surface area (Å²) >= 11 is 1.53. The third kappa shape index (κ3) is 5.08. The van der Waals surface area contributed by atoms with Gasteiger partial charge in [0.05, 0.1) is 31.4 Å². The van der Waals surface area contributed by atoms with Crippen LogP contribution in [0.3, 0.4) is 0 Å². The molecular weight excluding hydrogens is 388 g/mol. The highest BCUT2D eigenvalue weighted by Gasteiger charge is 2.28. The van der Waals surface area contributed by atoms with Gasteiger partial charge < -0.3 is 14.2 Å². The molecule has 2 aliphatic rings. The molecule has 1 aromatic carbocycles. The summed E-state index contributed by atoms with van der Waals surface area (Å²) in [5.74, 6) is 1.48. The third-order valence-electron chi connectivity index (χ3n) is 5.15. The predicted octanol–water partition coefficient (Wildman–Crippen LogP) is 4.14. The molecule has 1 fully saturated rings. The van der Waals surface area contributed by atoms with Gasteiger partial charge in [0.25, 0.3) is 0 Å². The van der Waals surface area contributed by atoms with Crippen LogP contribution in [0.2, 0.25) is 0 Å². The van der Waals surface area contributed by atoms with Gasteiger partial charge >= 0.3 is 5.97 Å². The van der Waals surface area contributed by atoms with Crippen molar-refractivity contribution in [3.05, 3.63) is 39.8 Å². The Morgan fingerprint density at radius 2 is 2.10 bits per heavy atom. The fourth-order valence-corrected chi connectivity index (χ4v) is 4.69. The first-order valence-electron chi connectivity index (χ1n) is 10.3. The Balaban J connectivity index is 1.42. The number of esters is 1. The van der Waals surface area contributed by atoms with Gasteiger partial charge in [-0.2, -0.15) is 0 Å². The number of thiazole rings is 1. The van der Waals surface area contributed by atoms with E-state index < -0.39 is 0 Å². The second kappa shape index (κ2) is 9.13. The van der Waals surface area contributed by atoms with E-state index in [2.05, 4.69) is 27.4 Å². The quantitative estimate of drug-likeness (QED) is 0.660. The maximum Gasteiger partial charge on any atom is 0.312 e. The zero-order chi connectivity index (χ0) is 20.2. The van der Waals surface area contributed by atoms with Crippen LogP contribution < -0.4 is 9.47 Å². The van der Waals surface area contributed by atoms with Crippen molar-refractivity contribution >= 4 is 17.3 Å². The summed E-state index contributed by atoms with van der Waals surface area (Å²) in [5.41, 5.74) is 2.28. The molecule has 29 heavy (non-hydrogen) atoms. The Morgan fingerprint density at radius 1 is 1.28 bits per heavy atom. The molecule has 0 spiro atoms. The number of fused-ring (bicyclic) bond motifs is 1. The van der Waals surface area contributed by atoms with Crippen molar-refractivity contribution in [3.63, 3.8) is 0 Å². The summed E-state index contributed by atoms with van der Waals surface area (Å²) in [6, 6.07) is 6.68. The van der Waals surface area contributed by atoms with E-state index in [0.29, 0.717) is 19.3 Å². The summed E-state index contributed by atoms with van der Waals surface area (Å²) in [4.78, 5) is 19.0. The molecule has 156 valence electrons. The molecule has 0 aliphatic carbocycles. The first-order valence-corrected chi connectivity index (χ1v) is 11.2. The number of likely N-dealkylation sites (tertiary alicyclic amines) is 1. The Kier molecular flexibility index (Phi) is 6.35. The van der Waals surface area contributed by atoms with Gasteiger partial charge in [-0.15, -0.1) is 11.3 Å². The lowest BCUT2D eigenvalue weighted by molar-refractivity contribution is -0.146. The van der Waals surface area contributed by atoms with E-state index in [1.165, 1.54) is 16.9 Å². The Bertz CT molecular complexity index is 851. The molecule has 0 saturated carbocycles. The molecule has 0 N–H and O–H groups in total. The van der Waals surface area contributed by atoms with Crippen molar-refractivity contribution in [2.75, 3.05) is 19.8 Å². The van der Waals surface area contributed by atoms with Gasteiger partial charge in [-0.3, -0.25) is 9.69 Å². The van der Waals surface area contributed by atoms with E-state index in [-0.39, 0.29) is 18.5 Å². The van der Waals surface area contributed by atoms with E-state index in [1.54, 1.807) is 0 Å². The molecule has 3 heterocycles. The molecule has 1 saturated heterocycles. The van der Waals surface area contributed by atoms with Crippen molar-refractivity contribution in [1.29, 1.82) is 0 Å². The summed E-state index contributed by atoms with van der Waals surface area (Å²) in [7, 11) is 0. The number of nitrogens with zero attached hydrogens (tertiary/aromatic N) is 2. The number of benzene rings is 1. The number of ether oxygens (including phenoxy) is 3. The van der Waals surface area contributed by atoms with E-state index in [0.717, 1.165) is 54.6 Å². The molecular formula is C22H28N2O4S. The summed E-state index contributed by atoms with van der Waals surface area (Å²) in [5, 5.41) is 2.87. The van der Waals surface area contributed by atoms with Gasteiger partial charge in [0.2, 0.25) is 0 Å². The Morgan fingerprint density at radius 3 is 2.93 bits per heavy atom. The van der Waals surface area contributed by atoms with Gasteiger partial charge in [0.1, 0.15) is 5.01 Å². The zero-order valence-electron chi connectivity index (χ0n) is 17.1. The van der Waals surface area contributed by atoms with Crippen molar-refractivity contribution in [2.24, 2.45) is 0 Å². The smallest absolute Gasteiger partial charge is 0.312 e. The van der Waals surface area contributed by atoms with Crippen molar-refractivity contribution < 1.29 is 19.0 Å². The topological polar surface area (TPSA) is 60.9 Å². The average Bonchev–Trinajstić information content (AvgIpc) is 3.24. The molecule has 0 amide bonds. The molecule has 0 unspecified atom stereocenters. The normalized spacial score (nSPS) is 19.3. The number of hydrogen-bond acceptors (Lipinski definition) is 7.